The van der Waals surface area contributed by atoms with Crippen molar-refractivity contribution in [3.63, 3.8) is 0 Å². The Morgan fingerprint density at radius 3 is 2.34 bits per heavy atom. The third-order valence-corrected chi connectivity index (χ3v) is 5.85. The highest BCUT2D eigenvalue weighted by Crippen LogP contribution is 2.27. The van der Waals surface area contributed by atoms with Gasteiger partial charge in [0.1, 0.15) is 6.54 Å². The molecule has 6 heteroatoms. The zero-order chi connectivity index (χ0) is 24.2. The second-order valence-electron chi connectivity index (χ2n) is 8.14. The Balaban J connectivity index is 1.32. The van der Waals surface area contributed by atoms with Crippen molar-refractivity contribution in [2.75, 3.05) is 6.54 Å². The summed E-state index contributed by atoms with van der Waals surface area (Å²) < 4.78 is 5.61. The van der Waals surface area contributed by atoms with Gasteiger partial charge in [0.25, 0.3) is 5.91 Å². The lowest BCUT2D eigenvalue weighted by Gasteiger charge is -2.17. The Bertz CT molecular complexity index is 1540. The molecule has 0 saturated heterocycles. The fraction of sp³-hybridized carbons (Fsp3) is 0.0690. The van der Waals surface area contributed by atoms with Crippen molar-refractivity contribution in [2.45, 2.75) is 6.10 Å². The Hall–Kier alpha value is -4.71. The smallest absolute Gasteiger partial charge is 0.326 e. The number of hydrogen-bond acceptors (Lipinski definition) is 4. The summed E-state index contributed by atoms with van der Waals surface area (Å²) in [4.78, 5) is 41.9. The number of ketones is 1. The molecular formula is C29H22N2O4. The molecule has 4 aromatic carbocycles. The highest BCUT2D eigenvalue weighted by molar-refractivity contribution is 6.10. The standard InChI is InChI=1S/C29H22N2O4/c32-26(18-31-29(34)22-15-14-19-8-4-5-11-21(19)16-22)35-28(20-9-2-1-3-10-20)27(33)24-17-30-25-13-7-6-12-23(24)25/h1-17,28,30H,18H2,(H,31,34)/t28-/m1/s1. The van der Waals surface area contributed by atoms with Crippen LogP contribution in [0.1, 0.15) is 32.4 Å². The molecule has 0 saturated carbocycles. The minimum Gasteiger partial charge on any atom is -0.448 e. The van der Waals surface area contributed by atoms with Gasteiger partial charge in [-0.25, -0.2) is 0 Å². The van der Waals surface area contributed by atoms with E-state index in [0.717, 1.165) is 21.7 Å². The number of benzene rings is 4. The molecule has 1 atom stereocenters. The van der Waals surface area contributed by atoms with E-state index < -0.39 is 18.0 Å². The molecule has 0 bridgehead atoms. The van der Waals surface area contributed by atoms with Crippen LogP contribution >= 0.6 is 0 Å². The van der Waals surface area contributed by atoms with Crippen LogP contribution in [0.4, 0.5) is 0 Å². The van der Waals surface area contributed by atoms with Gasteiger partial charge in [0, 0.05) is 33.8 Å². The van der Waals surface area contributed by atoms with Crippen molar-refractivity contribution in [3.05, 3.63) is 120 Å². The van der Waals surface area contributed by atoms with E-state index in [-0.39, 0.29) is 12.3 Å². The van der Waals surface area contributed by atoms with E-state index in [1.807, 2.05) is 60.7 Å². The average Bonchev–Trinajstić information content (AvgIpc) is 3.34. The minimum absolute atomic E-state index is 0.345. The van der Waals surface area contributed by atoms with E-state index in [4.69, 9.17) is 4.74 Å². The molecule has 35 heavy (non-hydrogen) atoms. The Morgan fingerprint density at radius 2 is 1.51 bits per heavy atom. The molecule has 5 rings (SSSR count). The van der Waals surface area contributed by atoms with E-state index in [2.05, 4.69) is 10.3 Å². The van der Waals surface area contributed by atoms with Crippen LogP contribution in [0.15, 0.2) is 103 Å². The molecule has 0 fully saturated rings. The van der Waals surface area contributed by atoms with Crippen LogP contribution in [-0.2, 0) is 9.53 Å². The quantitative estimate of drug-likeness (QED) is 0.256. The number of aromatic amines is 1. The molecule has 0 aliphatic heterocycles. The van der Waals surface area contributed by atoms with Crippen molar-refractivity contribution in [1.82, 2.24) is 10.3 Å². The monoisotopic (exact) mass is 462 g/mol. The fourth-order valence-electron chi connectivity index (χ4n) is 4.08. The topological polar surface area (TPSA) is 88.3 Å². The first-order valence-electron chi connectivity index (χ1n) is 11.2. The number of rotatable bonds is 7. The van der Waals surface area contributed by atoms with E-state index in [0.29, 0.717) is 16.7 Å². The van der Waals surface area contributed by atoms with Crippen molar-refractivity contribution < 1.29 is 19.1 Å². The van der Waals surface area contributed by atoms with E-state index in [9.17, 15) is 14.4 Å². The minimum atomic E-state index is -1.14. The number of nitrogens with one attached hydrogen (secondary N) is 2. The zero-order valence-corrected chi connectivity index (χ0v) is 18.7. The molecule has 0 radical (unpaired) electrons. The van der Waals surface area contributed by atoms with Crippen LogP contribution in [0.5, 0.6) is 0 Å². The molecule has 5 aromatic rings. The lowest BCUT2D eigenvalue weighted by molar-refractivity contribution is -0.146. The maximum Gasteiger partial charge on any atom is 0.326 e. The Labute approximate surface area is 201 Å². The molecule has 0 aliphatic carbocycles. The number of ether oxygens (including phenoxy) is 1. The van der Waals surface area contributed by atoms with Crippen LogP contribution in [0.3, 0.4) is 0 Å². The van der Waals surface area contributed by atoms with Crippen molar-refractivity contribution >= 4 is 39.3 Å². The third-order valence-electron chi connectivity index (χ3n) is 5.85. The molecule has 172 valence electrons. The summed E-state index contributed by atoms with van der Waals surface area (Å²) in [6.07, 6.45) is 0.485. The SMILES string of the molecule is O=C(CNC(=O)c1ccc2ccccc2c1)O[C@@H](C(=O)c1c[nH]c2ccccc12)c1ccccc1. The van der Waals surface area contributed by atoms with E-state index in [1.165, 1.54) is 0 Å². The molecule has 1 aromatic heterocycles. The predicted octanol–water partition coefficient (Wildman–Crippen LogP) is 5.22. The van der Waals surface area contributed by atoms with Crippen LogP contribution in [0.25, 0.3) is 21.7 Å². The molecule has 1 heterocycles. The highest BCUT2D eigenvalue weighted by Gasteiger charge is 2.28. The Morgan fingerprint density at radius 1 is 0.800 bits per heavy atom. The average molecular weight is 463 g/mol. The van der Waals surface area contributed by atoms with Crippen molar-refractivity contribution in [1.29, 1.82) is 0 Å². The number of esters is 1. The fourth-order valence-corrected chi connectivity index (χ4v) is 4.08. The van der Waals surface area contributed by atoms with Gasteiger partial charge in [-0.05, 0) is 29.0 Å². The molecular weight excluding hydrogens is 440 g/mol. The number of carbonyl (C=O) groups is 3. The summed E-state index contributed by atoms with van der Waals surface area (Å²) in [5, 5.41) is 5.29. The number of para-hydroxylation sites is 1. The first-order chi connectivity index (χ1) is 17.1. The maximum absolute atomic E-state index is 13.5. The lowest BCUT2D eigenvalue weighted by atomic mass is 9.99. The van der Waals surface area contributed by atoms with Gasteiger partial charge in [0.05, 0.1) is 0 Å². The lowest BCUT2D eigenvalue weighted by Crippen LogP contribution is -2.32. The number of carbonyl (C=O) groups excluding carboxylic acids is 3. The van der Waals surface area contributed by atoms with Gasteiger partial charge in [0.2, 0.25) is 5.78 Å². The summed E-state index contributed by atoms with van der Waals surface area (Å²) in [7, 11) is 0. The molecule has 0 spiro atoms. The molecule has 6 nitrogen and oxygen atoms in total. The molecule has 0 aliphatic rings. The number of hydrogen-bond donors (Lipinski definition) is 2. The summed E-state index contributed by atoms with van der Waals surface area (Å²) in [5.74, 6) is -1.45. The zero-order valence-electron chi connectivity index (χ0n) is 18.7. The summed E-state index contributed by atoms with van der Waals surface area (Å²) in [6, 6.07) is 29.3. The van der Waals surface area contributed by atoms with Crippen LogP contribution in [-0.4, -0.2) is 29.2 Å². The predicted molar refractivity (Wildman–Crippen MR) is 134 cm³/mol. The number of fused-ring (bicyclic) bond motifs is 2. The normalized spacial score (nSPS) is 11.8. The Kier molecular flexibility index (Phi) is 6.09. The second kappa shape index (κ2) is 9.65. The van der Waals surface area contributed by atoms with Crippen LogP contribution in [0.2, 0.25) is 0 Å². The van der Waals surface area contributed by atoms with E-state index in [1.54, 1.807) is 42.6 Å². The van der Waals surface area contributed by atoms with Crippen molar-refractivity contribution in [3.8, 4) is 0 Å². The van der Waals surface area contributed by atoms with Gasteiger partial charge in [-0.2, -0.15) is 0 Å². The van der Waals surface area contributed by atoms with Crippen molar-refractivity contribution in [2.24, 2.45) is 0 Å². The third kappa shape index (κ3) is 4.68. The summed E-state index contributed by atoms with van der Waals surface area (Å²) in [6.45, 7) is -0.365. The summed E-state index contributed by atoms with van der Waals surface area (Å²) in [5.41, 5.74) is 2.24. The second-order valence-corrected chi connectivity index (χ2v) is 8.14. The first-order valence-corrected chi connectivity index (χ1v) is 11.2. The summed E-state index contributed by atoms with van der Waals surface area (Å²) >= 11 is 0. The van der Waals surface area contributed by atoms with Gasteiger partial charge in [-0.15, -0.1) is 0 Å². The number of aromatic nitrogens is 1. The molecule has 2 N–H and O–H groups in total. The van der Waals surface area contributed by atoms with Gasteiger partial charge >= 0.3 is 5.97 Å². The maximum atomic E-state index is 13.5. The number of H-pyrrole nitrogens is 1. The molecule has 0 unspecified atom stereocenters. The van der Waals surface area contributed by atoms with Gasteiger partial charge in [0.15, 0.2) is 6.10 Å². The highest BCUT2D eigenvalue weighted by atomic mass is 16.5. The van der Waals surface area contributed by atoms with Gasteiger partial charge < -0.3 is 15.0 Å². The van der Waals surface area contributed by atoms with E-state index >= 15 is 0 Å². The van der Waals surface area contributed by atoms with Crippen LogP contribution < -0.4 is 5.32 Å². The molecule has 1 amide bonds. The van der Waals surface area contributed by atoms with Gasteiger partial charge in [-0.3, -0.25) is 14.4 Å². The number of Topliss-reactive ketones (excluding diaryl/α,β-unsaturated/α-hetero) is 1. The number of amides is 1. The largest absolute Gasteiger partial charge is 0.448 e. The van der Waals surface area contributed by atoms with Gasteiger partial charge in [-0.1, -0.05) is 78.9 Å². The van der Waals surface area contributed by atoms with Crippen LogP contribution in [0, 0.1) is 0 Å². The first kappa shape index (κ1) is 22.1.